The quantitative estimate of drug-likeness (QED) is 0.536. The predicted octanol–water partition coefficient (Wildman–Crippen LogP) is 4.30. The fourth-order valence-electron chi connectivity index (χ4n) is 1.16. The van der Waals surface area contributed by atoms with Crippen LogP contribution in [0.4, 0.5) is 13.2 Å². The van der Waals surface area contributed by atoms with E-state index in [0.29, 0.717) is 6.42 Å². The normalized spacial score (nSPS) is 10.7. The molecule has 0 N–H and O–H groups in total. The Morgan fingerprint density at radius 3 is 2.00 bits per heavy atom. The van der Waals surface area contributed by atoms with Gasteiger partial charge >= 0.3 is 0 Å². The molecule has 5 heteroatoms. The van der Waals surface area contributed by atoms with Crippen LogP contribution in [0.3, 0.4) is 0 Å². The SMILES string of the molecule is CCc1c(Cl)c(F)c(F)c(CF)c1Cl. The first kappa shape index (κ1) is 11.7. The van der Waals surface area contributed by atoms with E-state index < -0.39 is 23.9 Å². The van der Waals surface area contributed by atoms with Gasteiger partial charge in [-0.3, -0.25) is 0 Å². The molecule has 0 saturated carbocycles. The highest BCUT2D eigenvalue weighted by Crippen LogP contribution is 2.34. The van der Waals surface area contributed by atoms with Gasteiger partial charge in [-0.25, -0.2) is 13.2 Å². The van der Waals surface area contributed by atoms with Gasteiger partial charge in [0.1, 0.15) is 6.67 Å². The third-order valence-electron chi connectivity index (χ3n) is 1.93. The van der Waals surface area contributed by atoms with Crippen LogP contribution < -0.4 is 0 Å². The molecule has 0 amide bonds. The summed E-state index contributed by atoms with van der Waals surface area (Å²) in [4.78, 5) is 0. The monoisotopic (exact) mass is 242 g/mol. The Balaban J connectivity index is 3.56. The van der Waals surface area contributed by atoms with Crippen LogP contribution in [0.15, 0.2) is 0 Å². The summed E-state index contributed by atoms with van der Waals surface area (Å²) in [6.45, 7) is 0.526. The van der Waals surface area contributed by atoms with Crippen molar-refractivity contribution in [3.05, 3.63) is 32.8 Å². The van der Waals surface area contributed by atoms with Gasteiger partial charge in [0.05, 0.1) is 10.0 Å². The summed E-state index contributed by atoms with van der Waals surface area (Å²) < 4.78 is 38.5. The van der Waals surface area contributed by atoms with E-state index in [4.69, 9.17) is 23.2 Å². The lowest BCUT2D eigenvalue weighted by atomic mass is 10.1. The molecule has 0 spiro atoms. The molecule has 78 valence electrons. The maximum Gasteiger partial charge on any atom is 0.178 e. The van der Waals surface area contributed by atoms with E-state index in [-0.39, 0.29) is 15.6 Å². The Morgan fingerprint density at radius 1 is 1.00 bits per heavy atom. The van der Waals surface area contributed by atoms with E-state index in [9.17, 15) is 13.2 Å². The van der Waals surface area contributed by atoms with Gasteiger partial charge in [-0.05, 0) is 12.0 Å². The van der Waals surface area contributed by atoms with Gasteiger partial charge in [-0.15, -0.1) is 0 Å². The van der Waals surface area contributed by atoms with E-state index in [1.54, 1.807) is 6.92 Å². The molecule has 0 unspecified atom stereocenters. The van der Waals surface area contributed by atoms with Crippen molar-refractivity contribution in [2.45, 2.75) is 20.0 Å². The molecule has 0 radical (unpaired) electrons. The second kappa shape index (κ2) is 4.41. The molecule has 0 nitrogen and oxygen atoms in total. The molecule has 0 aliphatic rings. The molecule has 0 aromatic heterocycles. The van der Waals surface area contributed by atoms with Crippen molar-refractivity contribution in [1.29, 1.82) is 0 Å². The zero-order valence-electron chi connectivity index (χ0n) is 7.30. The lowest BCUT2D eigenvalue weighted by Gasteiger charge is -2.10. The average Bonchev–Trinajstić information content (AvgIpc) is 2.16. The van der Waals surface area contributed by atoms with Crippen LogP contribution in [0.2, 0.25) is 10.0 Å². The predicted molar refractivity (Wildman–Crippen MR) is 50.6 cm³/mol. The maximum atomic E-state index is 13.1. The maximum absolute atomic E-state index is 13.1. The molecule has 1 rings (SSSR count). The van der Waals surface area contributed by atoms with Crippen molar-refractivity contribution in [2.75, 3.05) is 0 Å². The molecule has 1 aromatic rings. The van der Waals surface area contributed by atoms with Gasteiger partial charge in [0.2, 0.25) is 0 Å². The fraction of sp³-hybridized carbons (Fsp3) is 0.333. The Hall–Kier alpha value is -0.410. The van der Waals surface area contributed by atoms with Gasteiger partial charge in [0.15, 0.2) is 11.6 Å². The number of benzene rings is 1. The standard InChI is InChI=1S/C9H7Cl2F3/c1-2-4-6(10)5(3-12)8(13)9(14)7(4)11/h2-3H2,1H3. The first-order chi connectivity index (χ1) is 6.54. The molecule has 0 heterocycles. The summed E-state index contributed by atoms with van der Waals surface area (Å²) in [6, 6.07) is 0. The fourth-order valence-corrected chi connectivity index (χ4v) is 1.88. The highest BCUT2D eigenvalue weighted by molar-refractivity contribution is 6.36. The first-order valence-electron chi connectivity index (χ1n) is 3.94. The molecule has 0 aliphatic carbocycles. The van der Waals surface area contributed by atoms with E-state index in [1.807, 2.05) is 0 Å². The van der Waals surface area contributed by atoms with Crippen LogP contribution in [0.5, 0.6) is 0 Å². The second-order valence-electron chi connectivity index (χ2n) is 2.70. The third-order valence-corrected chi connectivity index (χ3v) is 2.78. The Kier molecular flexibility index (Phi) is 3.67. The smallest absolute Gasteiger partial charge is 0.178 e. The number of hydrogen-bond acceptors (Lipinski definition) is 0. The van der Waals surface area contributed by atoms with Crippen molar-refractivity contribution in [3.63, 3.8) is 0 Å². The van der Waals surface area contributed by atoms with Gasteiger partial charge in [0, 0.05) is 5.56 Å². The number of hydrogen-bond donors (Lipinski definition) is 0. The highest BCUT2D eigenvalue weighted by atomic mass is 35.5. The Bertz CT molecular complexity index is 333. The van der Waals surface area contributed by atoms with Crippen molar-refractivity contribution >= 4 is 23.2 Å². The number of halogens is 5. The van der Waals surface area contributed by atoms with Crippen molar-refractivity contribution in [1.82, 2.24) is 0 Å². The summed E-state index contributed by atoms with van der Waals surface area (Å²) in [6.07, 6.45) is 0.321. The molecular weight excluding hydrogens is 236 g/mol. The summed E-state index contributed by atoms with van der Waals surface area (Å²) in [5, 5.41) is -0.494. The van der Waals surface area contributed by atoms with E-state index >= 15 is 0 Å². The Labute approximate surface area is 89.6 Å². The van der Waals surface area contributed by atoms with E-state index in [0.717, 1.165) is 0 Å². The van der Waals surface area contributed by atoms with Crippen LogP contribution >= 0.6 is 23.2 Å². The van der Waals surface area contributed by atoms with Crippen molar-refractivity contribution < 1.29 is 13.2 Å². The average molecular weight is 243 g/mol. The first-order valence-corrected chi connectivity index (χ1v) is 4.69. The van der Waals surface area contributed by atoms with Gasteiger partial charge in [-0.1, -0.05) is 30.1 Å². The molecule has 0 aliphatic heterocycles. The van der Waals surface area contributed by atoms with Gasteiger partial charge in [0.25, 0.3) is 0 Å². The lowest BCUT2D eigenvalue weighted by molar-refractivity contribution is 0.440. The third kappa shape index (κ3) is 1.71. The summed E-state index contributed by atoms with van der Waals surface area (Å²) >= 11 is 11.2. The minimum Gasteiger partial charge on any atom is -0.246 e. The molecule has 14 heavy (non-hydrogen) atoms. The molecule has 0 fully saturated rings. The highest BCUT2D eigenvalue weighted by Gasteiger charge is 2.21. The summed E-state index contributed by atoms with van der Waals surface area (Å²) in [5.74, 6) is -2.54. The Morgan fingerprint density at radius 2 is 1.57 bits per heavy atom. The van der Waals surface area contributed by atoms with Crippen LogP contribution in [-0.4, -0.2) is 0 Å². The van der Waals surface area contributed by atoms with E-state index in [2.05, 4.69) is 0 Å². The van der Waals surface area contributed by atoms with E-state index in [1.165, 1.54) is 0 Å². The van der Waals surface area contributed by atoms with Crippen LogP contribution in [0.1, 0.15) is 18.1 Å². The number of alkyl halides is 1. The van der Waals surface area contributed by atoms with Crippen LogP contribution in [0, 0.1) is 11.6 Å². The van der Waals surface area contributed by atoms with Gasteiger partial charge < -0.3 is 0 Å². The zero-order chi connectivity index (χ0) is 10.9. The molecule has 0 saturated heterocycles. The summed E-state index contributed by atoms with van der Waals surface area (Å²) in [5.41, 5.74) is -0.231. The lowest BCUT2D eigenvalue weighted by Crippen LogP contribution is -2.00. The molecule has 1 aromatic carbocycles. The largest absolute Gasteiger partial charge is 0.246 e. The molecule has 0 atom stereocenters. The molecule has 0 bridgehead atoms. The van der Waals surface area contributed by atoms with Crippen LogP contribution in [0.25, 0.3) is 0 Å². The zero-order valence-corrected chi connectivity index (χ0v) is 8.82. The van der Waals surface area contributed by atoms with Crippen LogP contribution in [-0.2, 0) is 13.1 Å². The minimum atomic E-state index is -1.31. The van der Waals surface area contributed by atoms with Crippen molar-refractivity contribution in [2.24, 2.45) is 0 Å². The topological polar surface area (TPSA) is 0 Å². The second-order valence-corrected chi connectivity index (χ2v) is 3.46. The van der Waals surface area contributed by atoms with Crippen molar-refractivity contribution in [3.8, 4) is 0 Å². The minimum absolute atomic E-state index is 0.126. The molecular formula is C9H7Cl2F3. The summed E-state index contributed by atoms with van der Waals surface area (Å²) in [7, 11) is 0. The number of rotatable bonds is 2. The van der Waals surface area contributed by atoms with Gasteiger partial charge in [-0.2, -0.15) is 0 Å².